The second-order valence-electron chi connectivity index (χ2n) is 4.80. The first-order valence-electron chi connectivity index (χ1n) is 6.31. The summed E-state index contributed by atoms with van der Waals surface area (Å²) in [5.74, 6) is 0. The molecular formula is C15H17NOSi. The molecule has 3 rings (SSSR count). The minimum atomic E-state index is -1.96. The van der Waals surface area contributed by atoms with Crippen LogP contribution in [0.1, 0.15) is 11.7 Å². The lowest BCUT2D eigenvalue weighted by Gasteiger charge is -2.22. The van der Waals surface area contributed by atoms with Crippen molar-refractivity contribution in [3.8, 4) is 0 Å². The van der Waals surface area contributed by atoms with Crippen molar-refractivity contribution in [1.82, 2.24) is 4.98 Å². The monoisotopic (exact) mass is 255 g/mol. The highest BCUT2D eigenvalue weighted by molar-refractivity contribution is 6.83. The normalized spacial score (nSPS) is 27.3. The summed E-state index contributed by atoms with van der Waals surface area (Å²) in [7, 11) is -1.96. The van der Waals surface area contributed by atoms with Gasteiger partial charge < -0.3 is 9.41 Å². The number of hydrogen-bond donors (Lipinski definition) is 1. The summed E-state index contributed by atoms with van der Waals surface area (Å²) >= 11 is 0. The van der Waals surface area contributed by atoms with E-state index in [0.717, 1.165) is 6.54 Å². The van der Waals surface area contributed by atoms with E-state index in [0.29, 0.717) is 0 Å². The molecule has 2 aromatic carbocycles. The molecule has 0 saturated carbocycles. The van der Waals surface area contributed by atoms with Crippen LogP contribution in [0.5, 0.6) is 0 Å². The van der Waals surface area contributed by atoms with E-state index >= 15 is 0 Å². The van der Waals surface area contributed by atoms with Crippen molar-refractivity contribution in [3.05, 3.63) is 66.2 Å². The zero-order valence-electron chi connectivity index (χ0n) is 10.5. The topological polar surface area (TPSA) is 21.3 Å². The van der Waals surface area contributed by atoms with Crippen LogP contribution in [-0.2, 0) is 4.43 Å². The van der Waals surface area contributed by atoms with Gasteiger partial charge in [-0.2, -0.15) is 0 Å². The van der Waals surface area contributed by atoms with Crippen molar-refractivity contribution < 1.29 is 4.43 Å². The Morgan fingerprint density at radius 3 is 2.28 bits per heavy atom. The number of nitrogens with one attached hydrogen (secondary N) is 1. The average molecular weight is 255 g/mol. The van der Waals surface area contributed by atoms with Crippen LogP contribution in [0, 0.1) is 0 Å². The van der Waals surface area contributed by atoms with Gasteiger partial charge in [0, 0.05) is 6.54 Å². The maximum Gasteiger partial charge on any atom is 0.299 e. The first-order valence-corrected chi connectivity index (χ1v) is 8.72. The quantitative estimate of drug-likeness (QED) is 0.832. The van der Waals surface area contributed by atoms with Crippen molar-refractivity contribution in [2.24, 2.45) is 0 Å². The van der Waals surface area contributed by atoms with E-state index in [4.69, 9.17) is 4.43 Å². The summed E-state index contributed by atoms with van der Waals surface area (Å²) in [6, 6.07) is 21.0. The van der Waals surface area contributed by atoms with E-state index in [1.54, 1.807) is 0 Å². The summed E-state index contributed by atoms with van der Waals surface area (Å²) in [5, 5.41) is 1.31. The van der Waals surface area contributed by atoms with Crippen molar-refractivity contribution >= 4 is 13.7 Å². The van der Waals surface area contributed by atoms with E-state index < -0.39 is 8.48 Å². The molecule has 2 nitrogen and oxygen atoms in total. The molecule has 92 valence electrons. The first-order chi connectivity index (χ1) is 8.78. The van der Waals surface area contributed by atoms with Crippen LogP contribution in [0.3, 0.4) is 0 Å². The largest absolute Gasteiger partial charge is 0.391 e. The fourth-order valence-electron chi connectivity index (χ4n) is 2.44. The fourth-order valence-corrected chi connectivity index (χ4v) is 5.05. The van der Waals surface area contributed by atoms with Crippen LogP contribution in [0.2, 0.25) is 6.55 Å². The van der Waals surface area contributed by atoms with Crippen LogP contribution in [0.25, 0.3) is 0 Å². The highest BCUT2D eigenvalue weighted by atomic mass is 28.4. The molecular weight excluding hydrogens is 238 g/mol. The van der Waals surface area contributed by atoms with E-state index in [2.05, 4.69) is 60.1 Å². The Labute approximate surface area is 109 Å². The Bertz CT molecular complexity index is 517. The highest BCUT2D eigenvalue weighted by Gasteiger charge is 2.40. The van der Waals surface area contributed by atoms with Crippen molar-refractivity contribution in [2.45, 2.75) is 12.7 Å². The standard InChI is InChI=1S/C15H17NOSi/c1-18(14-10-6-3-7-11-14)16-12-15(17-18)13-8-4-2-5-9-13/h2-11,15-16H,12H2,1H3/t15-,18+/m0/s1. The zero-order valence-corrected chi connectivity index (χ0v) is 11.5. The SMILES string of the molecule is C[Si@@]1(c2ccccc2)NC[C@@H](c2ccccc2)O1. The molecule has 2 atom stereocenters. The molecule has 1 saturated heterocycles. The molecule has 0 radical (unpaired) electrons. The van der Waals surface area contributed by atoms with Crippen molar-refractivity contribution in [3.63, 3.8) is 0 Å². The van der Waals surface area contributed by atoms with Crippen LogP contribution >= 0.6 is 0 Å². The van der Waals surface area contributed by atoms with Crippen LogP contribution in [0.4, 0.5) is 0 Å². The maximum atomic E-state index is 6.35. The molecule has 0 bridgehead atoms. The molecule has 1 fully saturated rings. The number of benzene rings is 2. The van der Waals surface area contributed by atoms with Crippen LogP contribution < -0.4 is 10.2 Å². The minimum Gasteiger partial charge on any atom is -0.391 e. The third kappa shape index (κ3) is 2.12. The minimum absolute atomic E-state index is 0.183. The van der Waals surface area contributed by atoms with Gasteiger partial charge in [0.25, 0.3) is 8.48 Å². The lowest BCUT2D eigenvalue weighted by atomic mass is 10.1. The third-order valence-corrected chi connectivity index (χ3v) is 6.57. The molecule has 0 unspecified atom stereocenters. The summed E-state index contributed by atoms with van der Waals surface area (Å²) in [5.41, 5.74) is 1.26. The van der Waals surface area contributed by atoms with Gasteiger partial charge in [-0.1, -0.05) is 60.7 Å². The molecule has 1 heterocycles. The predicted molar refractivity (Wildman–Crippen MR) is 76.0 cm³/mol. The fraction of sp³-hybridized carbons (Fsp3) is 0.200. The Morgan fingerprint density at radius 1 is 1.00 bits per heavy atom. The van der Waals surface area contributed by atoms with E-state index in [1.807, 2.05) is 12.1 Å². The molecule has 2 aromatic rings. The second-order valence-corrected chi connectivity index (χ2v) is 8.03. The Balaban J connectivity index is 1.83. The van der Waals surface area contributed by atoms with Gasteiger partial charge in [0.15, 0.2) is 0 Å². The molecule has 1 N–H and O–H groups in total. The lowest BCUT2D eigenvalue weighted by Crippen LogP contribution is -2.55. The second kappa shape index (κ2) is 4.69. The summed E-state index contributed by atoms with van der Waals surface area (Å²) in [6.45, 7) is 3.13. The lowest BCUT2D eigenvalue weighted by molar-refractivity contribution is 0.244. The van der Waals surface area contributed by atoms with Crippen molar-refractivity contribution in [1.29, 1.82) is 0 Å². The van der Waals surface area contributed by atoms with Crippen molar-refractivity contribution in [2.75, 3.05) is 6.54 Å². The number of hydrogen-bond acceptors (Lipinski definition) is 2. The predicted octanol–water partition coefficient (Wildman–Crippen LogP) is 2.33. The molecule has 3 heteroatoms. The van der Waals surface area contributed by atoms with Gasteiger partial charge >= 0.3 is 0 Å². The van der Waals surface area contributed by atoms with Crippen LogP contribution in [0.15, 0.2) is 60.7 Å². The maximum absolute atomic E-state index is 6.35. The summed E-state index contributed by atoms with van der Waals surface area (Å²) in [4.78, 5) is 3.61. The Morgan fingerprint density at radius 2 is 1.61 bits per heavy atom. The van der Waals surface area contributed by atoms with Gasteiger partial charge in [-0.05, 0) is 17.3 Å². The Hall–Kier alpha value is -1.42. The molecule has 18 heavy (non-hydrogen) atoms. The summed E-state index contributed by atoms with van der Waals surface area (Å²) in [6.07, 6.45) is 0.183. The Kier molecular flexibility index (Phi) is 3.03. The third-order valence-electron chi connectivity index (χ3n) is 3.50. The highest BCUT2D eigenvalue weighted by Crippen LogP contribution is 2.25. The van der Waals surface area contributed by atoms with E-state index in [1.165, 1.54) is 10.8 Å². The van der Waals surface area contributed by atoms with Gasteiger partial charge in [0.2, 0.25) is 0 Å². The van der Waals surface area contributed by atoms with Gasteiger partial charge in [-0.15, -0.1) is 0 Å². The van der Waals surface area contributed by atoms with E-state index in [9.17, 15) is 0 Å². The molecule has 1 aliphatic rings. The molecule has 0 aliphatic carbocycles. The van der Waals surface area contributed by atoms with Gasteiger partial charge in [-0.3, -0.25) is 0 Å². The smallest absolute Gasteiger partial charge is 0.299 e. The van der Waals surface area contributed by atoms with Gasteiger partial charge in [0.1, 0.15) is 0 Å². The molecule has 0 spiro atoms. The first kappa shape index (κ1) is 11.7. The van der Waals surface area contributed by atoms with Gasteiger partial charge in [-0.25, -0.2) is 0 Å². The zero-order chi connectivity index (χ0) is 12.4. The molecule has 0 aromatic heterocycles. The molecule has 0 amide bonds. The average Bonchev–Trinajstić information content (AvgIpc) is 2.85. The van der Waals surface area contributed by atoms with Gasteiger partial charge in [0.05, 0.1) is 6.10 Å². The number of rotatable bonds is 2. The molecule has 1 aliphatic heterocycles. The van der Waals surface area contributed by atoms with E-state index in [-0.39, 0.29) is 6.10 Å². The summed E-state index contributed by atoms with van der Waals surface area (Å²) < 4.78 is 6.35. The van der Waals surface area contributed by atoms with Crippen LogP contribution in [-0.4, -0.2) is 15.0 Å².